The van der Waals surface area contributed by atoms with E-state index in [0.717, 1.165) is 122 Å². The average molecular weight is 933 g/mol. The number of unbranched alkanes of at least 4 members (excludes halogenated alkanes) is 25. The molecule has 0 bridgehead atoms. The van der Waals surface area contributed by atoms with E-state index < -0.39 is 6.10 Å². The first-order chi connectivity index (χ1) is 33.0. The van der Waals surface area contributed by atoms with Crippen LogP contribution in [0.2, 0.25) is 0 Å². The molecule has 384 valence electrons. The topological polar surface area (TPSA) is 78.9 Å². The molecule has 67 heavy (non-hydrogen) atoms. The Labute approximate surface area is 414 Å². The fraction of sp³-hybridized carbons (Fsp3) is 0.721. The quantitative estimate of drug-likeness (QED) is 0.0262. The maximum atomic E-state index is 12.8. The van der Waals surface area contributed by atoms with Crippen LogP contribution < -0.4 is 0 Å². The first kappa shape index (κ1) is 63.6. The number of ether oxygens (including phenoxy) is 3. The molecule has 0 amide bonds. The molecule has 0 rings (SSSR count). The van der Waals surface area contributed by atoms with Crippen LogP contribution in [-0.2, 0) is 28.6 Å². The normalized spacial score (nSPS) is 12.7. The first-order valence-corrected chi connectivity index (χ1v) is 28.1. The Morgan fingerprint density at radius 3 is 0.910 bits per heavy atom. The molecule has 0 radical (unpaired) electrons. The van der Waals surface area contributed by atoms with Crippen molar-refractivity contribution in [2.45, 2.75) is 271 Å². The minimum absolute atomic E-state index is 0.0822. The molecule has 0 aliphatic rings. The SMILES string of the molecule is CC/C=C\C/C=C\C/C=C\C/C=C\CCCCCCCCCCCCCCC(=O)OCC(COC(=O)CCCCCCCCCCC)OC(=O)CCCCCCC/C=C\C/C=C\C/C=C\CC. The van der Waals surface area contributed by atoms with Crippen molar-refractivity contribution in [1.82, 2.24) is 0 Å². The second kappa shape index (κ2) is 55.2. The lowest BCUT2D eigenvalue weighted by Crippen LogP contribution is -2.30. The van der Waals surface area contributed by atoms with Gasteiger partial charge in [0.15, 0.2) is 6.10 Å². The molecule has 0 saturated carbocycles. The lowest BCUT2D eigenvalue weighted by Gasteiger charge is -2.18. The van der Waals surface area contributed by atoms with E-state index in [9.17, 15) is 14.4 Å². The van der Waals surface area contributed by atoms with Crippen LogP contribution in [-0.4, -0.2) is 37.2 Å². The fourth-order valence-electron chi connectivity index (χ4n) is 7.74. The molecule has 0 aromatic heterocycles. The molecule has 0 saturated heterocycles. The molecule has 6 heteroatoms. The number of rotatable bonds is 50. The minimum Gasteiger partial charge on any atom is -0.462 e. The van der Waals surface area contributed by atoms with Crippen LogP contribution in [0, 0.1) is 0 Å². The average Bonchev–Trinajstić information content (AvgIpc) is 3.33. The zero-order chi connectivity index (χ0) is 48.6. The Balaban J connectivity index is 4.23. The molecule has 0 fully saturated rings. The summed E-state index contributed by atoms with van der Waals surface area (Å²) in [6.07, 6.45) is 71.6. The molecule has 0 aromatic carbocycles. The lowest BCUT2D eigenvalue weighted by atomic mass is 10.0. The van der Waals surface area contributed by atoms with Crippen LogP contribution in [0.3, 0.4) is 0 Å². The molecular formula is C61H104O6. The van der Waals surface area contributed by atoms with Gasteiger partial charge in [0.1, 0.15) is 13.2 Å². The second-order valence-electron chi connectivity index (χ2n) is 18.4. The molecule has 6 nitrogen and oxygen atoms in total. The minimum atomic E-state index is -0.783. The molecule has 0 spiro atoms. The summed E-state index contributed by atoms with van der Waals surface area (Å²) in [5, 5.41) is 0. The number of carbonyl (C=O) groups is 3. The van der Waals surface area contributed by atoms with Crippen molar-refractivity contribution in [3.8, 4) is 0 Å². The number of hydrogen-bond donors (Lipinski definition) is 0. The van der Waals surface area contributed by atoms with E-state index in [-0.39, 0.29) is 31.1 Å². The van der Waals surface area contributed by atoms with Crippen molar-refractivity contribution in [3.05, 3.63) is 85.1 Å². The van der Waals surface area contributed by atoms with Gasteiger partial charge in [-0.3, -0.25) is 14.4 Å². The van der Waals surface area contributed by atoms with Gasteiger partial charge in [-0.1, -0.05) is 241 Å². The summed E-state index contributed by atoms with van der Waals surface area (Å²) < 4.78 is 16.8. The highest BCUT2D eigenvalue weighted by Crippen LogP contribution is 2.15. The highest BCUT2D eigenvalue weighted by Gasteiger charge is 2.19. The zero-order valence-electron chi connectivity index (χ0n) is 43.9. The third-order valence-electron chi connectivity index (χ3n) is 11.9. The molecule has 0 heterocycles. The van der Waals surface area contributed by atoms with Gasteiger partial charge in [-0.2, -0.15) is 0 Å². The van der Waals surface area contributed by atoms with Gasteiger partial charge in [-0.05, 0) is 89.9 Å². The molecule has 1 atom stereocenters. The summed E-state index contributed by atoms with van der Waals surface area (Å²) in [6, 6.07) is 0. The Kier molecular flexibility index (Phi) is 52.4. The van der Waals surface area contributed by atoms with E-state index in [0.29, 0.717) is 19.3 Å². The van der Waals surface area contributed by atoms with Crippen LogP contribution in [0.1, 0.15) is 265 Å². The summed E-state index contributed by atoms with van der Waals surface area (Å²) in [5.41, 5.74) is 0. The maximum absolute atomic E-state index is 12.8. The van der Waals surface area contributed by atoms with Crippen LogP contribution in [0.25, 0.3) is 0 Å². The van der Waals surface area contributed by atoms with Gasteiger partial charge in [0.25, 0.3) is 0 Å². The number of hydrogen-bond acceptors (Lipinski definition) is 6. The van der Waals surface area contributed by atoms with Crippen molar-refractivity contribution >= 4 is 17.9 Å². The second-order valence-corrected chi connectivity index (χ2v) is 18.4. The summed E-state index contributed by atoms with van der Waals surface area (Å²) >= 11 is 0. The van der Waals surface area contributed by atoms with Crippen LogP contribution in [0.5, 0.6) is 0 Å². The highest BCUT2D eigenvalue weighted by molar-refractivity contribution is 5.71. The largest absolute Gasteiger partial charge is 0.462 e. The third kappa shape index (κ3) is 53.4. The fourth-order valence-corrected chi connectivity index (χ4v) is 7.74. The summed E-state index contributed by atoms with van der Waals surface area (Å²) in [4.78, 5) is 38.0. The Morgan fingerprint density at radius 1 is 0.313 bits per heavy atom. The van der Waals surface area contributed by atoms with Crippen molar-refractivity contribution in [2.24, 2.45) is 0 Å². The van der Waals surface area contributed by atoms with Crippen LogP contribution in [0.15, 0.2) is 85.1 Å². The molecular weight excluding hydrogens is 829 g/mol. The Bertz CT molecular complexity index is 1300. The summed E-state index contributed by atoms with van der Waals surface area (Å²) in [7, 11) is 0. The summed E-state index contributed by atoms with van der Waals surface area (Å²) in [5.74, 6) is -0.900. The van der Waals surface area contributed by atoms with Gasteiger partial charge in [-0.15, -0.1) is 0 Å². The van der Waals surface area contributed by atoms with Crippen molar-refractivity contribution in [3.63, 3.8) is 0 Å². The van der Waals surface area contributed by atoms with Gasteiger partial charge in [0.05, 0.1) is 0 Å². The maximum Gasteiger partial charge on any atom is 0.306 e. The van der Waals surface area contributed by atoms with E-state index in [1.54, 1.807) is 0 Å². The van der Waals surface area contributed by atoms with E-state index in [2.05, 4.69) is 106 Å². The van der Waals surface area contributed by atoms with E-state index in [4.69, 9.17) is 14.2 Å². The van der Waals surface area contributed by atoms with E-state index in [1.807, 2.05) is 0 Å². The van der Waals surface area contributed by atoms with E-state index in [1.165, 1.54) is 103 Å². The monoisotopic (exact) mass is 933 g/mol. The van der Waals surface area contributed by atoms with Gasteiger partial charge in [0.2, 0.25) is 0 Å². The highest BCUT2D eigenvalue weighted by atomic mass is 16.6. The van der Waals surface area contributed by atoms with Gasteiger partial charge in [-0.25, -0.2) is 0 Å². The number of carbonyl (C=O) groups excluding carboxylic acids is 3. The first-order valence-electron chi connectivity index (χ1n) is 28.1. The number of esters is 3. The predicted octanol–water partition coefficient (Wildman–Crippen LogP) is 18.8. The van der Waals surface area contributed by atoms with Crippen molar-refractivity contribution in [1.29, 1.82) is 0 Å². The molecule has 0 aliphatic heterocycles. The molecule has 1 unspecified atom stereocenters. The standard InChI is InChI=1S/C61H104O6/c1-4-7-10-13-16-19-21-23-25-26-27-28-29-30-31-32-33-34-36-37-39-42-45-48-51-54-60(63)66-57-58(56-65-59(62)53-50-47-44-41-18-15-12-9-6-3)67-61(64)55-52-49-46-43-40-38-35-24-22-20-17-14-11-8-5-2/h7-8,10-11,16-17,19-20,23-25,27-28,35,58H,4-6,9,12-15,18,21-22,26,29-34,36-57H2,1-3H3/b10-7-,11-8-,19-16-,20-17-,25-23-,28-27-,35-24-. The molecule has 0 aliphatic carbocycles. The smallest absolute Gasteiger partial charge is 0.306 e. The van der Waals surface area contributed by atoms with Crippen LogP contribution in [0.4, 0.5) is 0 Å². The van der Waals surface area contributed by atoms with Crippen molar-refractivity contribution < 1.29 is 28.6 Å². The van der Waals surface area contributed by atoms with Gasteiger partial charge < -0.3 is 14.2 Å². The number of allylic oxidation sites excluding steroid dienone is 14. The van der Waals surface area contributed by atoms with Gasteiger partial charge >= 0.3 is 17.9 Å². The summed E-state index contributed by atoms with van der Waals surface area (Å²) in [6.45, 7) is 6.39. The zero-order valence-corrected chi connectivity index (χ0v) is 43.9. The van der Waals surface area contributed by atoms with Crippen molar-refractivity contribution in [2.75, 3.05) is 13.2 Å². The third-order valence-corrected chi connectivity index (χ3v) is 11.9. The molecule has 0 N–H and O–H groups in total. The Hall–Kier alpha value is -3.41. The van der Waals surface area contributed by atoms with Crippen LogP contribution >= 0.6 is 0 Å². The Morgan fingerprint density at radius 2 is 0.582 bits per heavy atom. The molecule has 0 aromatic rings. The van der Waals surface area contributed by atoms with Gasteiger partial charge in [0, 0.05) is 19.3 Å². The lowest BCUT2D eigenvalue weighted by molar-refractivity contribution is -0.167. The predicted molar refractivity (Wildman–Crippen MR) is 288 cm³/mol. The van der Waals surface area contributed by atoms with E-state index >= 15 is 0 Å².